The maximum Gasteiger partial charge on any atom is 0.245 e. The van der Waals surface area contributed by atoms with E-state index in [1.165, 1.54) is 0 Å². The van der Waals surface area contributed by atoms with Crippen molar-refractivity contribution in [2.45, 2.75) is 32.3 Å². The topological polar surface area (TPSA) is 48.2 Å². The quantitative estimate of drug-likeness (QED) is 0.745. The van der Waals surface area contributed by atoms with Gasteiger partial charge in [0, 0.05) is 18.9 Å². The molecular formula is C10H15ClN2O2. The number of halogens is 1. The van der Waals surface area contributed by atoms with Gasteiger partial charge >= 0.3 is 0 Å². The summed E-state index contributed by atoms with van der Waals surface area (Å²) in [4.78, 5) is 0. The van der Waals surface area contributed by atoms with Gasteiger partial charge in [0.05, 0.1) is 0 Å². The average Bonchev–Trinajstić information content (AvgIpc) is 2.83. The Labute approximate surface area is 94.0 Å². The van der Waals surface area contributed by atoms with Gasteiger partial charge in [0.15, 0.2) is 0 Å². The number of rotatable bonds is 4. The van der Waals surface area contributed by atoms with Crippen molar-refractivity contribution in [2.24, 2.45) is 5.92 Å². The summed E-state index contributed by atoms with van der Waals surface area (Å²) in [5.41, 5.74) is 0. The van der Waals surface area contributed by atoms with E-state index in [0.29, 0.717) is 23.6 Å². The lowest BCUT2D eigenvalue weighted by Crippen LogP contribution is -2.03. The molecule has 0 bridgehead atoms. The van der Waals surface area contributed by atoms with Crippen molar-refractivity contribution in [3.05, 3.63) is 11.8 Å². The molecule has 1 fully saturated rings. The smallest absolute Gasteiger partial charge is 0.245 e. The van der Waals surface area contributed by atoms with Crippen LogP contribution in [0.2, 0.25) is 0 Å². The van der Waals surface area contributed by atoms with Crippen LogP contribution in [0.15, 0.2) is 4.42 Å². The van der Waals surface area contributed by atoms with Gasteiger partial charge in [-0.1, -0.05) is 6.92 Å². The van der Waals surface area contributed by atoms with Crippen LogP contribution in [0.5, 0.6) is 0 Å². The molecule has 0 saturated carbocycles. The summed E-state index contributed by atoms with van der Waals surface area (Å²) >= 11 is 5.59. The first-order valence-corrected chi connectivity index (χ1v) is 5.84. The van der Waals surface area contributed by atoms with Crippen molar-refractivity contribution in [1.29, 1.82) is 0 Å². The Morgan fingerprint density at radius 1 is 1.47 bits per heavy atom. The molecule has 4 nitrogen and oxygen atoms in total. The summed E-state index contributed by atoms with van der Waals surface area (Å²) in [5.74, 6) is 2.36. The zero-order valence-electron chi connectivity index (χ0n) is 8.78. The first-order chi connectivity index (χ1) is 7.31. The Morgan fingerprint density at radius 2 is 2.33 bits per heavy atom. The van der Waals surface area contributed by atoms with Crippen molar-refractivity contribution < 1.29 is 9.15 Å². The molecule has 2 unspecified atom stereocenters. The number of aryl methyl sites for hydroxylation is 1. The molecule has 2 atom stereocenters. The minimum atomic E-state index is -0.0118. The fourth-order valence-corrected chi connectivity index (χ4v) is 1.85. The first kappa shape index (κ1) is 10.9. The van der Waals surface area contributed by atoms with Crippen LogP contribution < -0.4 is 0 Å². The number of nitrogens with zero attached hydrogens (tertiary/aromatic N) is 2. The maximum absolute atomic E-state index is 5.59. The Morgan fingerprint density at radius 3 is 3.00 bits per heavy atom. The first-order valence-electron chi connectivity index (χ1n) is 5.31. The highest BCUT2D eigenvalue weighted by atomic mass is 35.5. The lowest BCUT2D eigenvalue weighted by Gasteiger charge is -2.08. The summed E-state index contributed by atoms with van der Waals surface area (Å²) < 4.78 is 11.1. The van der Waals surface area contributed by atoms with Gasteiger partial charge in [-0.3, -0.25) is 0 Å². The van der Waals surface area contributed by atoms with Crippen molar-refractivity contribution in [1.82, 2.24) is 10.2 Å². The largest absolute Gasteiger partial charge is 0.422 e. The van der Waals surface area contributed by atoms with E-state index >= 15 is 0 Å². The van der Waals surface area contributed by atoms with Gasteiger partial charge in [-0.15, -0.1) is 21.8 Å². The second-order valence-corrected chi connectivity index (χ2v) is 4.26. The highest BCUT2D eigenvalue weighted by Crippen LogP contribution is 2.33. The normalized spacial score (nSPS) is 26.0. The molecule has 1 aromatic rings. The van der Waals surface area contributed by atoms with Gasteiger partial charge in [-0.05, 0) is 18.8 Å². The SMILES string of the molecule is CC1CCOC1c1nnc(CCCCl)o1. The summed E-state index contributed by atoms with van der Waals surface area (Å²) in [7, 11) is 0. The third-order valence-corrected chi connectivity index (χ3v) is 2.90. The second kappa shape index (κ2) is 4.94. The lowest BCUT2D eigenvalue weighted by molar-refractivity contribution is 0.0704. The molecule has 0 N–H and O–H groups in total. The number of aromatic nitrogens is 2. The molecule has 1 saturated heterocycles. The zero-order valence-corrected chi connectivity index (χ0v) is 9.54. The maximum atomic E-state index is 5.59. The van der Waals surface area contributed by atoms with E-state index in [1.807, 2.05) is 0 Å². The molecule has 5 heteroatoms. The Hall–Kier alpha value is -0.610. The minimum Gasteiger partial charge on any atom is -0.422 e. The second-order valence-electron chi connectivity index (χ2n) is 3.88. The van der Waals surface area contributed by atoms with E-state index in [9.17, 15) is 0 Å². The predicted octanol–water partition coefficient (Wildman–Crippen LogP) is 2.34. The molecule has 2 heterocycles. The molecule has 1 aliphatic rings. The number of ether oxygens (including phenoxy) is 1. The van der Waals surface area contributed by atoms with Crippen LogP contribution in [-0.2, 0) is 11.2 Å². The van der Waals surface area contributed by atoms with Gasteiger partial charge < -0.3 is 9.15 Å². The number of hydrogen-bond donors (Lipinski definition) is 0. The van der Waals surface area contributed by atoms with Gasteiger partial charge in [-0.25, -0.2) is 0 Å². The van der Waals surface area contributed by atoms with Crippen LogP contribution in [0.4, 0.5) is 0 Å². The van der Waals surface area contributed by atoms with E-state index in [2.05, 4.69) is 17.1 Å². The van der Waals surface area contributed by atoms with Gasteiger partial charge in [-0.2, -0.15) is 0 Å². The highest BCUT2D eigenvalue weighted by molar-refractivity contribution is 6.17. The molecule has 0 aromatic carbocycles. The molecule has 0 aliphatic carbocycles. The molecule has 2 rings (SSSR count). The Kier molecular flexibility index (Phi) is 3.59. The van der Waals surface area contributed by atoms with Crippen molar-refractivity contribution in [3.63, 3.8) is 0 Å². The van der Waals surface area contributed by atoms with Crippen LogP contribution in [0.25, 0.3) is 0 Å². The molecule has 0 radical (unpaired) electrons. The molecule has 1 aromatic heterocycles. The fourth-order valence-electron chi connectivity index (χ4n) is 1.71. The van der Waals surface area contributed by atoms with Crippen LogP contribution in [0.3, 0.4) is 0 Å². The van der Waals surface area contributed by atoms with Gasteiger partial charge in [0.2, 0.25) is 11.8 Å². The third-order valence-electron chi connectivity index (χ3n) is 2.64. The van der Waals surface area contributed by atoms with E-state index in [1.54, 1.807) is 0 Å². The fraction of sp³-hybridized carbons (Fsp3) is 0.800. The zero-order chi connectivity index (χ0) is 10.7. The minimum absolute atomic E-state index is 0.0118. The van der Waals surface area contributed by atoms with Crippen molar-refractivity contribution in [3.8, 4) is 0 Å². The van der Waals surface area contributed by atoms with E-state index in [4.69, 9.17) is 20.8 Å². The Bertz CT molecular complexity index is 316. The van der Waals surface area contributed by atoms with Crippen LogP contribution >= 0.6 is 11.6 Å². The molecule has 84 valence electrons. The van der Waals surface area contributed by atoms with Gasteiger partial charge in [0.1, 0.15) is 6.10 Å². The van der Waals surface area contributed by atoms with E-state index in [0.717, 1.165) is 25.9 Å². The highest BCUT2D eigenvalue weighted by Gasteiger charge is 2.30. The van der Waals surface area contributed by atoms with Crippen LogP contribution in [0.1, 0.15) is 37.7 Å². The summed E-state index contributed by atoms with van der Waals surface area (Å²) in [6.07, 6.45) is 2.66. The molecule has 0 spiro atoms. The molecule has 15 heavy (non-hydrogen) atoms. The van der Waals surface area contributed by atoms with Crippen molar-refractivity contribution in [2.75, 3.05) is 12.5 Å². The van der Waals surface area contributed by atoms with Gasteiger partial charge in [0.25, 0.3) is 0 Å². The summed E-state index contributed by atoms with van der Waals surface area (Å²) in [6.45, 7) is 2.92. The Balaban J connectivity index is 1.99. The molecule has 1 aliphatic heterocycles. The van der Waals surface area contributed by atoms with Crippen molar-refractivity contribution >= 4 is 11.6 Å². The average molecular weight is 231 g/mol. The number of hydrogen-bond acceptors (Lipinski definition) is 4. The third kappa shape index (κ3) is 2.49. The standard InChI is InChI=1S/C10H15ClN2O2/c1-7-4-6-14-9(7)10-13-12-8(15-10)3-2-5-11/h7,9H,2-6H2,1H3. The summed E-state index contributed by atoms with van der Waals surface area (Å²) in [6, 6.07) is 0. The lowest BCUT2D eigenvalue weighted by atomic mass is 10.0. The van der Waals surface area contributed by atoms with E-state index in [-0.39, 0.29) is 6.10 Å². The summed E-state index contributed by atoms with van der Waals surface area (Å²) in [5, 5.41) is 7.99. The van der Waals surface area contributed by atoms with Crippen LogP contribution in [0, 0.1) is 5.92 Å². The monoisotopic (exact) mass is 230 g/mol. The number of alkyl halides is 1. The molecule has 0 amide bonds. The predicted molar refractivity (Wildman–Crippen MR) is 55.8 cm³/mol. The van der Waals surface area contributed by atoms with Crippen LogP contribution in [-0.4, -0.2) is 22.7 Å². The molecular weight excluding hydrogens is 216 g/mol. The van der Waals surface area contributed by atoms with E-state index < -0.39 is 0 Å².